The van der Waals surface area contributed by atoms with E-state index in [-0.39, 0.29) is 12.3 Å². The zero-order valence-corrected chi connectivity index (χ0v) is 12.7. The number of hydrogen-bond donors (Lipinski definition) is 0. The van der Waals surface area contributed by atoms with Gasteiger partial charge in [0.1, 0.15) is 18.0 Å². The molecule has 0 aliphatic heterocycles. The van der Waals surface area contributed by atoms with Gasteiger partial charge in [-0.2, -0.15) is 0 Å². The number of aromatic nitrogens is 2. The van der Waals surface area contributed by atoms with E-state index in [0.717, 1.165) is 5.56 Å². The second-order valence-electron chi connectivity index (χ2n) is 4.97. The molecule has 0 atom stereocenters. The van der Waals surface area contributed by atoms with Crippen molar-refractivity contribution in [3.8, 4) is 17.0 Å². The average Bonchev–Trinajstić information content (AvgIpc) is 2.98. The Kier molecular flexibility index (Phi) is 4.21. The molecule has 1 aromatic carbocycles. The SMILES string of the molecule is COCC(=O)Oc1ccc(-c2cn3cc([N+](=O)[O-])ccc3n2)cc1. The number of pyridine rings is 1. The lowest BCUT2D eigenvalue weighted by molar-refractivity contribution is -0.385. The summed E-state index contributed by atoms with van der Waals surface area (Å²) in [6, 6.07) is 9.80. The van der Waals surface area contributed by atoms with Crippen LogP contribution in [-0.4, -0.2) is 34.0 Å². The van der Waals surface area contributed by atoms with Crippen LogP contribution < -0.4 is 4.74 Å². The number of benzene rings is 1. The number of carbonyl (C=O) groups is 1. The molecule has 0 aliphatic rings. The van der Waals surface area contributed by atoms with Crippen LogP contribution in [0.4, 0.5) is 5.69 Å². The van der Waals surface area contributed by atoms with Crippen LogP contribution in [0.2, 0.25) is 0 Å². The molecule has 122 valence electrons. The summed E-state index contributed by atoms with van der Waals surface area (Å²) in [5, 5.41) is 10.8. The average molecular weight is 327 g/mol. The number of esters is 1. The monoisotopic (exact) mass is 327 g/mol. The summed E-state index contributed by atoms with van der Waals surface area (Å²) in [5.41, 5.74) is 2.05. The Labute approximate surface area is 136 Å². The maximum absolute atomic E-state index is 11.4. The Morgan fingerprint density at radius 3 is 2.62 bits per heavy atom. The first-order valence-electron chi connectivity index (χ1n) is 7.00. The maximum atomic E-state index is 11.4. The van der Waals surface area contributed by atoms with Crippen molar-refractivity contribution in [1.82, 2.24) is 9.38 Å². The number of rotatable bonds is 5. The summed E-state index contributed by atoms with van der Waals surface area (Å²) in [7, 11) is 1.41. The zero-order chi connectivity index (χ0) is 17.1. The number of imidazole rings is 1. The zero-order valence-electron chi connectivity index (χ0n) is 12.7. The molecule has 8 heteroatoms. The molecule has 0 aliphatic carbocycles. The van der Waals surface area contributed by atoms with E-state index in [9.17, 15) is 14.9 Å². The highest BCUT2D eigenvalue weighted by Gasteiger charge is 2.10. The summed E-state index contributed by atoms with van der Waals surface area (Å²) >= 11 is 0. The highest BCUT2D eigenvalue weighted by molar-refractivity contribution is 5.74. The van der Waals surface area contributed by atoms with E-state index in [1.807, 2.05) is 0 Å². The first kappa shape index (κ1) is 15.6. The third-order valence-corrected chi connectivity index (χ3v) is 3.29. The molecule has 0 saturated carbocycles. The molecule has 2 heterocycles. The summed E-state index contributed by atoms with van der Waals surface area (Å²) in [6.45, 7) is -0.118. The van der Waals surface area contributed by atoms with Crippen molar-refractivity contribution in [3.05, 3.63) is 58.9 Å². The topological polar surface area (TPSA) is 96.0 Å². The van der Waals surface area contributed by atoms with Crippen molar-refractivity contribution in [2.75, 3.05) is 13.7 Å². The van der Waals surface area contributed by atoms with Crippen molar-refractivity contribution < 1.29 is 19.2 Å². The molecular formula is C16H13N3O5. The molecule has 0 spiro atoms. The first-order valence-corrected chi connectivity index (χ1v) is 7.00. The van der Waals surface area contributed by atoms with E-state index in [2.05, 4.69) is 4.98 Å². The third-order valence-electron chi connectivity index (χ3n) is 3.29. The van der Waals surface area contributed by atoms with E-state index in [1.54, 1.807) is 40.9 Å². The van der Waals surface area contributed by atoms with Crippen LogP contribution in [0.25, 0.3) is 16.9 Å². The molecule has 0 amide bonds. The van der Waals surface area contributed by atoms with Gasteiger partial charge in [-0.1, -0.05) is 0 Å². The van der Waals surface area contributed by atoms with E-state index in [0.29, 0.717) is 17.1 Å². The summed E-state index contributed by atoms with van der Waals surface area (Å²) in [6.07, 6.45) is 3.11. The predicted octanol–water partition coefficient (Wildman–Crippen LogP) is 2.46. The Hall–Kier alpha value is -3.26. The summed E-state index contributed by atoms with van der Waals surface area (Å²) in [4.78, 5) is 26.1. The van der Waals surface area contributed by atoms with Crippen LogP contribution >= 0.6 is 0 Å². The van der Waals surface area contributed by atoms with Crippen LogP contribution in [0.1, 0.15) is 0 Å². The molecule has 0 saturated heterocycles. The number of ether oxygens (including phenoxy) is 2. The normalized spacial score (nSPS) is 10.7. The molecule has 3 rings (SSSR count). The number of fused-ring (bicyclic) bond motifs is 1. The van der Waals surface area contributed by atoms with Gasteiger partial charge in [0.25, 0.3) is 5.69 Å². The van der Waals surface area contributed by atoms with Crippen molar-refractivity contribution in [2.45, 2.75) is 0 Å². The largest absolute Gasteiger partial charge is 0.425 e. The van der Waals surface area contributed by atoms with Gasteiger partial charge in [0.15, 0.2) is 0 Å². The lowest BCUT2D eigenvalue weighted by Gasteiger charge is -2.04. The molecule has 24 heavy (non-hydrogen) atoms. The standard InChI is InChI=1S/C16H13N3O5/c1-23-10-16(20)24-13-5-2-11(3-6-13)14-9-18-8-12(19(21)22)4-7-15(18)17-14/h2-9H,10H2,1H3. The van der Waals surface area contributed by atoms with E-state index >= 15 is 0 Å². The van der Waals surface area contributed by atoms with E-state index < -0.39 is 10.9 Å². The number of hydrogen-bond acceptors (Lipinski definition) is 6. The molecule has 0 N–H and O–H groups in total. The smallest absolute Gasteiger partial charge is 0.337 e. The molecule has 0 unspecified atom stereocenters. The number of nitrogens with zero attached hydrogens (tertiary/aromatic N) is 3. The van der Waals surface area contributed by atoms with Gasteiger partial charge in [0.05, 0.1) is 16.8 Å². The fraction of sp³-hybridized carbons (Fsp3) is 0.125. The molecule has 0 fully saturated rings. The molecule has 0 radical (unpaired) electrons. The van der Waals surface area contributed by atoms with Gasteiger partial charge >= 0.3 is 5.97 Å². The molecule has 0 bridgehead atoms. The van der Waals surface area contributed by atoms with Crippen LogP contribution in [0.15, 0.2) is 48.8 Å². The molecule has 8 nitrogen and oxygen atoms in total. The quantitative estimate of drug-likeness (QED) is 0.309. The first-order chi connectivity index (χ1) is 11.6. The fourth-order valence-electron chi connectivity index (χ4n) is 2.20. The fourth-order valence-corrected chi connectivity index (χ4v) is 2.20. The van der Waals surface area contributed by atoms with Crippen molar-refractivity contribution in [2.24, 2.45) is 0 Å². The van der Waals surface area contributed by atoms with Crippen molar-refractivity contribution in [3.63, 3.8) is 0 Å². The third kappa shape index (κ3) is 3.23. The molecular weight excluding hydrogens is 314 g/mol. The molecule has 3 aromatic rings. The second kappa shape index (κ2) is 6.47. The van der Waals surface area contributed by atoms with Crippen LogP contribution in [-0.2, 0) is 9.53 Å². The highest BCUT2D eigenvalue weighted by atomic mass is 16.6. The van der Waals surface area contributed by atoms with Gasteiger partial charge in [-0.3, -0.25) is 14.5 Å². The van der Waals surface area contributed by atoms with Gasteiger partial charge in [0, 0.05) is 24.9 Å². The second-order valence-corrected chi connectivity index (χ2v) is 4.97. The van der Waals surface area contributed by atoms with E-state index in [4.69, 9.17) is 9.47 Å². The van der Waals surface area contributed by atoms with Crippen LogP contribution in [0.5, 0.6) is 5.75 Å². The summed E-state index contributed by atoms with van der Waals surface area (Å²) < 4.78 is 11.4. The van der Waals surface area contributed by atoms with Gasteiger partial charge in [0.2, 0.25) is 0 Å². The van der Waals surface area contributed by atoms with Crippen LogP contribution in [0, 0.1) is 10.1 Å². The number of nitro groups is 1. The minimum atomic E-state index is -0.481. The molecule has 2 aromatic heterocycles. The van der Waals surface area contributed by atoms with E-state index in [1.165, 1.54) is 19.4 Å². The van der Waals surface area contributed by atoms with Crippen LogP contribution in [0.3, 0.4) is 0 Å². The van der Waals surface area contributed by atoms with Crippen molar-refractivity contribution >= 4 is 17.3 Å². The lowest BCUT2D eigenvalue weighted by Crippen LogP contribution is -2.13. The minimum Gasteiger partial charge on any atom is -0.425 e. The lowest BCUT2D eigenvalue weighted by atomic mass is 10.2. The van der Waals surface area contributed by atoms with Gasteiger partial charge in [-0.05, 0) is 30.3 Å². The van der Waals surface area contributed by atoms with Gasteiger partial charge < -0.3 is 9.47 Å². The van der Waals surface area contributed by atoms with Gasteiger partial charge in [-0.25, -0.2) is 9.78 Å². The number of carbonyl (C=O) groups excluding carboxylic acids is 1. The maximum Gasteiger partial charge on any atom is 0.337 e. The highest BCUT2D eigenvalue weighted by Crippen LogP contribution is 2.23. The Morgan fingerprint density at radius 1 is 1.21 bits per heavy atom. The number of methoxy groups -OCH3 is 1. The Morgan fingerprint density at radius 2 is 1.96 bits per heavy atom. The summed E-state index contributed by atoms with van der Waals surface area (Å²) in [5.74, 6) is -0.0782. The predicted molar refractivity (Wildman–Crippen MR) is 84.8 cm³/mol. The Balaban J connectivity index is 1.84. The minimum absolute atomic E-state index is 0.00754. The van der Waals surface area contributed by atoms with Gasteiger partial charge in [-0.15, -0.1) is 0 Å². The van der Waals surface area contributed by atoms with Crippen molar-refractivity contribution in [1.29, 1.82) is 0 Å². The Bertz CT molecular complexity index is 902.